The summed E-state index contributed by atoms with van der Waals surface area (Å²) in [6.07, 6.45) is 0. The molecule has 0 aliphatic heterocycles. The fourth-order valence-corrected chi connectivity index (χ4v) is 4.33. The standard InChI is InChI=1S/C12H11BrN2O3S3/c1-18-9-3-2-7(13)6-8(9)15-21(16,17)11-5-4-10(20-11)12(14)19/h2-6,15H,1H3,(H2,14,19). The molecule has 0 atom stereocenters. The second kappa shape index (κ2) is 6.30. The van der Waals surface area contributed by atoms with E-state index in [1.54, 1.807) is 24.3 Å². The van der Waals surface area contributed by atoms with Crippen molar-refractivity contribution in [1.82, 2.24) is 0 Å². The van der Waals surface area contributed by atoms with Crippen molar-refractivity contribution in [2.24, 2.45) is 5.73 Å². The number of rotatable bonds is 5. The molecule has 0 aliphatic rings. The summed E-state index contributed by atoms with van der Waals surface area (Å²) in [5, 5.41) is 0. The van der Waals surface area contributed by atoms with Gasteiger partial charge in [-0.25, -0.2) is 8.42 Å². The number of anilines is 1. The Morgan fingerprint density at radius 1 is 1.38 bits per heavy atom. The Morgan fingerprint density at radius 3 is 2.67 bits per heavy atom. The summed E-state index contributed by atoms with van der Waals surface area (Å²) in [4.78, 5) is 0.716. The fourth-order valence-electron chi connectivity index (χ4n) is 1.55. The van der Waals surface area contributed by atoms with Crippen molar-refractivity contribution in [3.05, 3.63) is 39.7 Å². The molecule has 112 valence electrons. The van der Waals surface area contributed by atoms with Gasteiger partial charge in [-0.1, -0.05) is 28.1 Å². The number of hydrogen-bond acceptors (Lipinski definition) is 5. The highest BCUT2D eigenvalue weighted by Crippen LogP contribution is 2.31. The SMILES string of the molecule is COc1ccc(Br)cc1NS(=O)(=O)c1ccc(C(N)=S)s1. The highest BCUT2D eigenvalue weighted by Gasteiger charge is 2.19. The van der Waals surface area contributed by atoms with Gasteiger partial charge < -0.3 is 10.5 Å². The molecule has 21 heavy (non-hydrogen) atoms. The highest BCUT2D eigenvalue weighted by molar-refractivity contribution is 9.10. The first-order valence-electron chi connectivity index (χ1n) is 5.59. The number of thiophene rings is 1. The molecule has 5 nitrogen and oxygen atoms in total. The lowest BCUT2D eigenvalue weighted by Gasteiger charge is -2.11. The van der Waals surface area contributed by atoms with Crippen molar-refractivity contribution < 1.29 is 13.2 Å². The molecule has 9 heteroatoms. The van der Waals surface area contributed by atoms with E-state index in [4.69, 9.17) is 22.7 Å². The molecule has 1 heterocycles. The number of halogens is 1. The zero-order chi connectivity index (χ0) is 15.6. The van der Waals surface area contributed by atoms with Gasteiger partial charge in [0, 0.05) is 4.47 Å². The minimum Gasteiger partial charge on any atom is -0.495 e. The van der Waals surface area contributed by atoms with Crippen LogP contribution in [0.5, 0.6) is 5.75 Å². The number of hydrogen-bond donors (Lipinski definition) is 2. The van der Waals surface area contributed by atoms with Crippen molar-refractivity contribution in [2.75, 3.05) is 11.8 Å². The van der Waals surface area contributed by atoms with Gasteiger partial charge in [0.1, 0.15) is 14.9 Å². The van der Waals surface area contributed by atoms with Gasteiger partial charge in [0.15, 0.2) is 0 Å². The van der Waals surface area contributed by atoms with Crippen LogP contribution in [-0.2, 0) is 10.0 Å². The molecule has 0 aliphatic carbocycles. The number of ether oxygens (including phenoxy) is 1. The molecule has 1 aromatic heterocycles. The molecule has 3 N–H and O–H groups in total. The molecular formula is C12H11BrN2O3S3. The van der Waals surface area contributed by atoms with Crippen LogP contribution in [0.25, 0.3) is 0 Å². The zero-order valence-corrected chi connectivity index (χ0v) is 14.8. The molecule has 1 aromatic carbocycles. The van der Waals surface area contributed by atoms with Crippen molar-refractivity contribution in [1.29, 1.82) is 0 Å². The first kappa shape index (κ1) is 16.2. The Morgan fingerprint density at radius 2 is 2.10 bits per heavy atom. The average Bonchev–Trinajstić information content (AvgIpc) is 2.89. The van der Waals surface area contributed by atoms with Gasteiger partial charge in [-0.15, -0.1) is 11.3 Å². The van der Waals surface area contributed by atoms with Crippen molar-refractivity contribution in [2.45, 2.75) is 4.21 Å². The third-order valence-electron chi connectivity index (χ3n) is 2.49. The predicted molar refractivity (Wildman–Crippen MR) is 91.7 cm³/mol. The number of benzene rings is 1. The summed E-state index contributed by atoms with van der Waals surface area (Å²) in [6, 6.07) is 8.09. The first-order chi connectivity index (χ1) is 9.83. The van der Waals surface area contributed by atoms with Crippen LogP contribution in [0.1, 0.15) is 4.88 Å². The molecule has 2 aromatic rings. The highest BCUT2D eigenvalue weighted by atomic mass is 79.9. The normalized spacial score (nSPS) is 11.1. The number of nitrogens with two attached hydrogens (primary N) is 1. The second-order valence-electron chi connectivity index (χ2n) is 3.93. The minimum atomic E-state index is -3.72. The predicted octanol–water partition coefficient (Wildman–Crippen LogP) is 2.95. The molecular weight excluding hydrogens is 396 g/mol. The summed E-state index contributed by atoms with van der Waals surface area (Å²) >= 11 is 9.14. The monoisotopic (exact) mass is 406 g/mol. The van der Waals surface area contributed by atoms with E-state index < -0.39 is 10.0 Å². The van der Waals surface area contributed by atoms with E-state index in [0.29, 0.717) is 16.3 Å². The Hall–Kier alpha value is -1.16. The van der Waals surface area contributed by atoms with Crippen LogP contribution in [0.2, 0.25) is 0 Å². The van der Waals surface area contributed by atoms with Crippen LogP contribution in [0.4, 0.5) is 5.69 Å². The van der Waals surface area contributed by atoms with E-state index in [0.717, 1.165) is 15.8 Å². The third kappa shape index (κ3) is 3.73. The van der Waals surface area contributed by atoms with Crippen LogP contribution in [0, 0.1) is 0 Å². The van der Waals surface area contributed by atoms with Gasteiger partial charge in [-0.2, -0.15) is 0 Å². The van der Waals surface area contributed by atoms with E-state index in [9.17, 15) is 8.42 Å². The van der Waals surface area contributed by atoms with Crippen molar-refractivity contribution in [3.8, 4) is 5.75 Å². The lowest BCUT2D eigenvalue weighted by atomic mass is 10.3. The van der Waals surface area contributed by atoms with Gasteiger partial charge >= 0.3 is 0 Å². The molecule has 0 radical (unpaired) electrons. The molecule has 0 fully saturated rings. The maximum absolute atomic E-state index is 12.4. The lowest BCUT2D eigenvalue weighted by molar-refractivity contribution is 0.417. The Kier molecular flexibility index (Phi) is 4.87. The van der Waals surface area contributed by atoms with Gasteiger partial charge in [-0.3, -0.25) is 4.72 Å². The summed E-state index contributed by atoms with van der Waals surface area (Å²) in [5.74, 6) is 0.424. The van der Waals surface area contributed by atoms with Gasteiger partial charge in [-0.05, 0) is 30.3 Å². The Balaban J connectivity index is 2.37. The van der Waals surface area contributed by atoms with Gasteiger partial charge in [0.2, 0.25) is 0 Å². The number of thiocarbonyl (C=S) groups is 1. The minimum absolute atomic E-state index is 0.132. The van der Waals surface area contributed by atoms with Crippen LogP contribution in [0.3, 0.4) is 0 Å². The average molecular weight is 407 g/mol. The van der Waals surface area contributed by atoms with Gasteiger partial charge in [0.25, 0.3) is 10.0 Å². The fraction of sp³-hybridized carbons (Fsp3) is 0.0833. The Labute approximate surface area is 140 Å². The number of nitrogens with one attached hydrogen (secondary N) is 1. The zero-order valence-electron chi connectivity index (χ0n) is 10.8. The van der Waals surface area contributed by atoms with Crippen LogP contribution in [-0.4, -0.2) is 20.5 Å². The molecule has 0 unspecified atom stereocenters. The number of sulfonamides is 1. The lowest BCUT2D eigenvalue weighted by Crippen LogP contribution is -2.12. The van der Waals surface area contributed by atoms with E-state index >= 15 is 0 Å². The molecule has 0 bridgehead atoms. The van der Waals surface area contributed by atoms with E-state index in [2.05, 4.69) is 20.7 Å². The quantitative estimate of drug-likeness (QED) is 0.745. The molecule has 0 saturated carbocycles. The molecule has 2 rings (SSSR count). The van der Waals surface area contributed by atoms with Crippen molar-refractivity contribution >= 4 is 60.2 Å². The Bertz CT molecular complexity index is 787. The largest absolute Gasteiger partial charge is 0.495 e. The van der Waals surface area contributed by atoms with Crippen LogP contribution < -0.4 is 15.2 Å². The van der Waals surface area contributed by atoms with Crippen LogP contribution >= 0.6 is 39.5 Å². The van der Waals surface area contributed by atoms with Crippen LogP contribution in [0.15, 0.2) is 39.0 Å². The number of methoxy groups -OCH3 is 1. The molecule has 0 spiro atoms. The van der Waals surface area contributed by atoms with Crippen molar-refractivity contribution in [3.63, 3.8) is 0 Å². The second-order valence-corrected chi connectivity index (χ2v) is 8.28. The maximum atomic E-state index is 12.4. The van der Waals surface area contributed by atoms with E-state index in [1.807, 2.05) is 0 Å². The summed E-state index contributed by atoms with van der Waals surface area (Å²) < 4.78 is 33.2. The van der Waals surface area contributed by atoms with E-state index in [1.165, 1.54) is 13.2 Å². The van der Waals surface area contributed by atoms with E-state index in [-0.39, 0.29) is 9.20 Å². The first-order valence-corrected chi connectivity index (χ1v) is 9.09. The van der Waals surface area contributed by atoms with Gasteiger partial charge in [0.05, 0.1) is 17.7 Å². The topological polar surface area (TPSA) is 81.4 Å². The summed E-state index contributed by atoms with van der Waals surface area (Å²) in [5.41, 5.74) is 5.83. The third-order valence-corrected chi connectivity index (χ3v) is 6.31. The maximum Gasteiger partial charge on any atom is 0.271 e. The smallest absolute Gasteiger partial charge is 0.271 e. The summed E-state index contributed by atoms with van der Waals surface area (Å²) in [6.45, 7) is 0. The summed E-state index contributed by atoms with van der Waals surface area (Å²) in [7, 11) is -2.25. The molecule has 0 amide bonds. The molecule has 0 saturated heterocycles.